The number of carboxylic acids is 1. The zero-order valence-corrected chi connectivity index (χ0v) is 14.2. The summed E-state index contributed by atoms with van der Waals surface area (Å²) >= 11 is 1.55. The molecule has 24 heavy (non-hydrogen) atoms. The largest absolute Gasteiger partial charge is 0.480 e. The molecule has 0 aliphatic rings. The molecule has 0 heterocycles. The third-order valence-corrected chi connectivity index (χ3v) is 4.17. The Morgan fingerprint density at radius 1 is 1.29 bits per heavy atom. The van der Waals surface area contributed by atoms with E-state index in [9.17, 15) is 23.5 Å². The van der Waals surface area contributed by atoms with Gasteiger partial charge in [0.05, 0.1) is 6.04 Å². The van der Waals surface area contributed by atoms with Gasteiger partial charge in [0.2, 0.25) is 5.91 Å². The van der Waals surface area contributed by atoms with Crippen LogP contribution in [0.3, 0.4) is 0 Å². The average Bonchev–Trinajstić information content (AvgIpc) is 2.54. The van der Waals surface area contributed by atoms with E-state index in [2.05, 4.69) is 5.32 Å². The molecular weight excluding hydrogens is 338 g/mol. The smallest absolute Gasteiger partial charge is 0.326 e. The molecule has 0 fully saturated rings. The van der Waals surface area contributed by atoms with Crippen LogP contribution in [0.25, 0.3) is 0 Å². The molecule has 0 aliphatic heterocycles. The van der Waals surface area contributed by atoms with Gasteiger partial charge in [0.1, 0.15) is 6.04 Å². The minimum absolute atomic E-state index is 0.176. The molecule has 0 radical (unpaired) electrons. The Morgan fingerprint density at radius 3 is 2.58 bits per heavy atom. The second-order valence-corrected chi connectivity index (χ2v) is 6.41. The molecule has 1 amide bonds. The summed E-state index contributed by atoms with van der Waals surface area (Å²) in [5.41, 5.74) is 6.28. The van der Waals surface area contributed by atoms with Crippen molar-refractivity contribution in [3.8, 4) is 0 Å². The van der Waals surface area contributed by atoms with Crippen LogP contribution >= 0.6 is 11.8 Å². The molecule has 1 aromatic carbocycles. The van der Waals surface area contributed by atoms with Crippen molar-refractivity contribution in [3.05, 3.63) is 35.4 Å². The third-order valence-electron chi connectivity index (χ3n) is 3.53. The number of amides is 1. The quantitative estimate of drug-likeness (QED) is 0.593. The molecule has 1 unspecified atom stereocenters. The first-order valence-corrected chi connectivity index (χ1v) is 8.96. The summed E-state index contributed by atoms with van der Waals surface area (Å²) in [6.07, 6.45) is 3.32. The fourth-order valence-electron chi connectivity index (χ4n) is 2.12. The van der Waals surface area contributed by atoms with Crippen LogP contribution in [0.2, 0.25) is 0 Å². The van der Waals surface area contributed by atoms with Crippen molar-refractivity contribution in [1.82, 2.24) is 5.32 Å². The SMILES string of the molecule is CSCC[C@H](N)C(=O)NC(CCCc1ccc(F)c(F)c1)C(=O)O. The molecule has 0 saturated heterocycles. The maximum absolute atomic E-state index is 13.1. The van der Waals surface area contributed by atoms with Crippen LogP contribution < -0.4 is 11.1 Å². The first kappa shape index (κ1) is 20.4. The van der Waals surface area contributed by atoms with Crippen molar-refractivity contribution in [2.45, 2.75) is 37.8 Å². The summed E-state index contributed by atoms with van der Waals surface area (Å²) < 4.78 is 26.0. The molecule has 8 heteroatoms. The van der Waals surface area contributed by atoms with Crippen molar-refractivity contribution in [1.29, 1.82) is 0 Å². The Balaban J connectivity index is 2.49. The molecule has 0 saturated carbocycles. The Bertz CT molecular complexity index is 572. The van der Waals surface area contributed by atoms with Crippen molar-refractivity contribution in [3.63, 3.8) is 0 Å². The number of carbonyl (C=O) groups is 2. The highest BCUT2D eigenvalue weighted by Gasteiger charge is 2.22. The monoisotopic (exact) mass is 360 g/mol. The second-order valence-electron chi connectivity index (χ2n) is 5.43. The molecule has 0 aliphatic carbocycles. The maximum atomic E-state index is 13.1. The number of nitrogens with one attached hydrogen (secondary N) is 1. The van der Waals surface area contributed by atoms with E-state index in [1.807, 2.05) is 6.26 Å². The Kier molecular flexibility index (Phi) is 8.70. The number of nitrogens with two attached hydrogens (primary N) is 1. The van der Waals surface area contributed by atoms with Gasteiger partial charge in [-0.15, -0.1) is 0 Å². The van der Waals surface area contributed by atoms with Gasteiger partial charge in [0.25, 0.3) is 0 Å². The lowest BCUT2D eigenvalue weighted by Crippen LogP contribution is -2.48. The second kappa shape index (κ2) is 10.2. The van der Waals surface area contributed by atoms with E-state index in [-0.39, 0.29) is 6.42 Å². The van der Waals surface area contributed by atoms with E-state index in [4.69, 9.17) is 5.73 Å². The van der Waals surface area contributed by atoms with Gasteiger partial charge >= 0.3 is 5.97 Å². The summed E-state index contributed by atoms with van der Waals surface area (Å²) in [4.78, 5) is 23.1. The zero-order chi connectivity index (χ0) is 18.1. The van der Waals surface area contributed by atoms with Crippen LogP contribution in [0.5, 0.6) is 0 Å². The molecular formula is C16H22F2N2O3S. The molecule has 0 aromatic heterocycles. The average molecular weight is 360 g/mol. The number of carbonyl (C=O) groups excluding carboxylic acids is 1. The topological polar surface area (TPSA) is 92.4 Å². The fourth-order valence-corrected chi connectivity index (χ4v) is 2.61. The number of halogens is 2. The molecule has 134 valence electrons. The highest BCUT2D eigenvalue weighted by Crippen LogP contribution is 2.12. The summed E-state index contributed by atoms with van der Waals surface area (Å²) in [6.45, 7) is 0. The van der Waals surface area contributed by atoms with Gasteiger partial charge < -0.3 is 16.2 Å². The molecule has 1 aromatic rings. The molecule has 5 nitrogen and oxygen atoms in total. The van der Waals surface area contributed by atoms with Crippen LogP contribution in [0.15, 0.2) is 18.2 Å². The van der Waals surface area contributed by atoms with E-state index >= 15 is 0 Å². The minimum Gasteiger partial charge on any atom is -0.480 e. The number of aliphatic carboxylic acids is 1. The summed E-state index contributed by atoms with van der Waals surface area (Å²) in [6, 6.07) is 1.77. The lowest BCUT2D eigenvalue weighted by Gasteiger charge is -2.17. The molecule has 0 bridgehead atoms. The number of aryl methyl sites for hydroxylation is 1. The van der Waals surface area contributed by atoms with Crippen molar-refractivity contribution >= 4 is 23.6 Å². The zero-order valence-electron chi connectivity index (χ0n) is 13.4. The van der Waals surface area contributed by atoms with Gasteiger partial charge in [-0.25, -0.2) is 13.6 Å². The fraction of sp³-hybridized carbons (Fsp3) is 0.500. The number of rotatable bonds is 10. The van der Waals surface area contributed by atoms with Gasteiger partial charge in [-0.1, -0.05) is 6.07 Å². The lowest BCUT2D eigenvalue weighted by molar-refractivity contribution is -0.142. The van der Waals surface area contributed by atoms with Crippen LogP contribution in [0, 0.1) is 11.6 Å². The predicted molar refractivity (Wildman–Crippen MR) is 89.8 cm³/mol. The molecule has 2 atom stereocenters. The summed E-state index contributed by atoms with van der Waals surface area (Å²) in [5.74, 6) is -2.79. The van der Waals surface area contributed by atoms with Crippen molar-refractivity contribution in [2.75, 3.05) is 12.0 Å². The standard InChI is InChI=1S/C16H22F2N2O3S/c1-24-8-7-13(19)15(21)20-14(16(22)23)4-2-3-10-5-6-11(17)12(18)9-10/h5-6,9,13-14H,2-4,7-8,19H2,1H3,(H,20,21)(H,22,23)/t13-,14?/m0/s1. The Morgan fingerprint density at radius 2 is 2.00 bits per heavy atom. The van der Waals surface area contributed by atoms with E-state index in [1.54, 1.807) is 11.8 Å². The van der Waals surface area contributed by atoms with Crippen molar-refractivity contribution in [2.24, 2.45) is 5.73 Å². The van der Waals surface area contributed by atoms with Gasteiger partial charge in [0, 0.05) is 0 Å². The van der Waals surface area contributed by atoms with E-state index in [0.717, 1.165) is 12.1 Å². The molecule has 4 N–H and O–H groups in total. The van der Waals surface area contributed by atoms with Crippen LogP contribution in [0.4, 0.5) is 8.78 Å². The van der Waals surface area contributed by atoms with Gasteiger partial charge in [-0.3, -0.25) is 4.79 Å². The maximum Gasteiger partial charge on any atom is 0.326 e. The van der Waals surface area contributed by atoms with Gasteiger partial charge in [-0.05, 0) is 55.4 Å². The minimum atomic E-state index is -1.15. The van der Waals surface area contributed by atoms with Crippen molar-refractivity contribution < 1.29 is 23.5 Å². The first-order chi connectivity index (χ1) is 11.3. The summed E-state index contributed by atoms with van der Waals surface area (Å²) in [5, 5.41) is 11.6. The van der Waals surface area contributed by atoms with E-state index in [0.29, 0.717) is 30.6 Å². The lowest BCUT2D eigenvalue weighted by atomic mass is 10.0. The van der Waals surface area contributed by atoms with Gasteiger partial charge in [0.15, 0.2) is 11.6 Å². The Hall–Kier alpha value is -1.67. The number of benzene rings is 1. The van der Waals surface area contributed by atoms with Crippen LogP contribution in [-0.2, 0) is 16.0 Å². The number of carboxylic acid groups (broad SMARTS) is 1. The third kappa shape index (κ3) is 6.84. The number of hydrogen-bond donors (Lipinski definition) is 3. The molecule has 1 rings (SSSR count). The summed E-state index contributed by atoms with van der Waals surface area (Å²) in [7, 11) is 0. The van der Waals surface area contributed by atoms with E-state index in [1.165, 1.54) is 6.07 Å². The normalized spacial score (nSPS) is 13.3. The molecule has 0 spiro atoms. The van der Waals surface area contributed by atoms with Crippen LogP contribution in [-0.4, -0.2) is 41.1 Å². The Labute approximate surface area is 144 Å². The first-order valence-electron chi connectivity index (χ1n) is 7.56. The number of thioether (sulfide) groups is 1. The van der Waals surface area contributed by atoms with Crippen LogP contribution in [0.1, 0.15) is 24.8 Å². The number of hydrogen-bond acceptors (Lipinski definition) is 4. The predicted octanol–water partition coefficient (Wildman–Crippen LogP) is 1.94. The highest BCUT2D eigenvalue weighted by atomic mass is 32.2. The highest BCUT2D eigenvalue weighted by molar-refractivity contribution is 7.98. The van der Waals surface area contributed by atoms with E-state index < -0.39 is 35.6 Å². The van der Waals surface area contributed by atoms with Gasteiger partial charge in [-0.2, -0.15) is 11.8 Å².